The van der Waals surface area contributed by atoms with E-state index in [1.54, 1.807) is 6.92 Å². The van der Waals surface area contributed by atoms with Crippen LogP contribution in [0.2, 0.25) is 0 Å². The van der Waals surface area contributed by atoms with Crippen LogP contribution in [-0.2, 0) is 14.4 Å². The lowest BCUT2D eigenvalue weighted by Gasteiger charge is -2.20. The molecule has 0 aliphatic rings. The third kappa shape index (κ3) is 9.33. The van der Waals surface area contributed by atoms with Gasteiger partial charge in [0.05, 0.1) is 0 Å². The summed E-state index contributed by atoms with van der Waals surface area (Å²) in [4.78, 5) is 36.5. The number of carbonyl (C=O) groups is 3. The van der Waals surface area contributed by atoms with Gasteiger partial charge < -0.3 is 20.6 Å². The molecule has 2 amide bonds. The van der Waals surface area contributed by atoms with Gasteiger partial charge in [-0.05, 0) is 33.0 Å². The Bertz CT molecular complexity index is 372. The number of carboxylic acid groups (broad SMARTS) is 1. The van der Waals surface area contributed by atoms with Crippen LogP contribution in [-0.4, -0.2) is 61.0 Å². The molecule has 0 aromatic carbocycles. The molecule has 0 saturated carbocycles. The second kappa shape index (κ2) is 11.0. The molecule has 0 aliphatic carbocycles. The van der Waals surface area contributed by atoms with E-state index < -0.39 is 17.9 Å². The number of carbonyl (C=O) groups excluding carboxylic acids is 2. The lowest BCUT2D eigenvalue weighted by molar-refractivity contribution is -0.143. The maximum absolute atomic E-state index is 11.7. The Labute approximate surface area is 132 Å². The van der Waals surface area contributed by atoms with Crippen LogP contribution >= 0.6 is 0 Å². The maximum atomic E-state index is 11.7. The van der Waals surface area contributed by atoms with Crippen LogP contribution in [0.25, 0.3) is 0 Å². The van der Waals surface area contributed by atoms with Crippen molar-refractivity contribution in [1.82, 2.24) is 15.5 Å². The first-order valence-corrected chi connectivity index (χ1v) is 7.71. The van der Waals surface area contributed by atoms with Gasteiger partial charge in [0.1, 0.15) is 6.04 Å². The lowest BCUT2D eigenvalue weighted by atomic mass is 9.99. The van der Waals surface area contributed by atoms with Crippen LogP contribution in [0.1, 0.15) is 39.5 Å². The highest BCUT2D eigenvalue weighted by molar-refractivity contribution is 5.87. The quantitative estimate of drug-likeness (QED) is 0.481. The average Bonchev–Trinajstić information content (AvgIpc) is 2.45. The minimum absolute atomic E-state index is 0.000270. The average molecular weight is 315 g/mol. The SMILES string of the molecule is CCC(C)C(NC(=O)CCC(=O)NCCCN(C)C)C(=O)O. The summed E-state index contributed by atoms with van der Waals surface area (Å²) < 4.78 is 0. The molecule has 7 heteroatoms. The van der Waals surface area contributed by atoms with Crippen molar-refractivity contribution >= 4 is 17.8 Å². The number of hydrogen-bond acceptors (Lipinski definition) is 4. The molecule has 22 heavy (non-hydrogen) atoms. The van der Waals surface area contributed by atoms with Crippen molar-refractivity contribution in [2.75, 3.05) is 27.2 Å². The number of rotatable bonds is 11. The van der Waals surface area contributed by atoms with Crippen molar-refractivity contribution in [3.63, 3.8) is 0 Å². The first kappa shape index (κ1) is 20.4. The van der Waals surface area contributed by atoms with E-state index in [-0.39, 0.29) is 24.7 Å². The van der Waals surface area contributed by atoms with Gasteiger partial charge in [-0.1, -0.05) is 20.3 Å². The third-order valence-corrected chi connectivity index (χ3v) is 3.48. The van der Waals surface area contributed by atoms with Crippen molar-refractivity contribution in [2.45, 2.75) is 45.6 Å². The van der Waals surface area contributed by atoms with E-state index >= 15 is 0 Å². The summed E-state index contributed by atoms with van der Waals surface area (Å²) >= 11 is 0. The summed E-state index contributed by atoms with van der Waals surface area (Å²) in [5.41, 5.74) is 0. The molecule has 2 unspecified atom stereocenters. The maximum Gasteiger partial charge on any atom is 0.326 e. The number of nitrogens with zero attached hydrogens (tertiary/aromatic N) is 1. The van der Waals surface area contributed by atoms with E-state index in [0.717, 1.165) is 13.0 Å². The van der Waals surface area contributed by atoms with Crippen LogP contribution in [0.15, 0.2) is 0 Å². The topological polar surface area (TPSA) is 98.7 Å². The molecule has 3 N–H and O–H groups in total. The van der Waals surface area contributed by atoms with Crippen LogP contribution in [0.5, 0.6) is 0 Å². The largest absolute Gasteiger partial charge is 0.480 e. The Balaban J connectivity index is 4.01. The molecule has 7 nitrogen and oxygen atoms in total. The Kier molecular flexibility index (Phi) is 10.2. The molecule has 0 saturated heterocycles. The lowest BCUT2D eigenvalue weighted by Crippen LogP contribution is -2.45. The standard InChI is InChI=1S/C15H29N3O4/c1-5-11(2)14(15(21)22)17-13(20)8-7-12(19)16-9-6-10-18(3)4/h11,14H,5-10H2,1-4H3,(H,16,19)(H,17,20)(H,21,22). The summed E-state index contributed by atoms with van der Waals surface area (Å²) in [5.74, 6) is -1.79. The van der Waals surface area contributed by atoms with Gasteiger partial charge in [0.15, 0.2) is 0 Å². The molecule has 0 radical (unpaired) electrons. The van der Waals surface area contributed by atoms with Gasteiger partial charge in [-0.2, -0.15) is 0 Å². The van der Waals surface area contributed by atoms with Crippen molar-refractivity contribution in [3.8, 4) is 0 Å². The summed E-state index contributed by atoms with van der Waals surface area (Å²) in [7, 11) is 3.92. The molecule has 128 valence electrons. The number of nitrogens with one attached hydrogen (secondary N) is 2. The van der Waals surface area contributed by atoms with Crippen LogP contribution < -0.4 is 10.6 Å². The van der Waals surface area contributed by atoms with Gasteiger partial charge in [-0.25, -0.2) is 4.79 Å². The zero-order valence-electron chi connectivity index (χ0n) is 14.0. The Hall–Kier alpha value is -1.63. The Morgan fingerprint density at radius 1 is 1.14 bits per heavy atom. The normalized spacial score (nSPS) is 13.5. The molecule has 0 fully saturated rings. The molecule has 0 bridgehead atoms. The van der Waals surface area contributed by atoms with Gasteiger partial charge in [-0.3, -0.25) is 9.59 Å². The Morgan fingerprint density at radius 2 is 1.73 bits per heavy atom. The van der Waals surface area contributed by atoms with Crippen molar-refractivity contribution < 1.29 is 19.5 Å². The van der Waals surface area contributed by atoms with Crippen molar-refractivity contribution in [1.29, 1.82) is 0 Å². The van der Waals surface area contributed by atoms with Gasteiger partial charge >= 0.3 is 5.97 Å². The highest BCUT2D eigenvalue weighted by atomic mass is 16.4. The van der Waals surface area contributed by atoms with E-state index in [9.17, 15) is 14.4 Å². The fraction of sp³-hybridized carbons (Fsp3) is 0.800. The zero-order chi connectivity index (χ0) is 17.1. The molecule has 2 atom stereocenters. The fourth-order valence-corrected chi connectivity index (χ4v) is 1.87. The van der Waals surface area contributed by atoms with Crippen LogP contribution in [0, 0.1) is 5.92 Å². The Morgan fingerprint density at radius 3 is 2.23 bits per heavy atom. The van der Waals surface area contributed by atoms with Crippen molar-refractivity contribution in [3.05, 3.63) is 0 Å². The van der Waals surface area contributed by atoms with Gasteiger partial charge in [0, 0.05) is 19.4 Å². The number of amides is 2. The van der Waals surface area contributed by atoms with E-state index in [1.165, 1.54) is 0 Å². The minimum Gasteiger partial charge on any atom is -0.480 e. The van der Waals surface area contributed by atoms with Gasteiger partial charge in [-0.15, -0.1) is 0 Å². The highest BCUT2D eigenvalue weighted by Crippen LogP contribution is 2.08. The number of hydrogen-bond donors (Lipinski definition) is 3. The highest BCUT2D eigenvalue weighted by Gasteiger charge is 2.25. The second-order valence-corrected chi connectivity index (χ2v) is 5.78. The summed E-state index contributed by atoms with van der Waals surface area (Å²) in [6.07, 6.45) is 1.57. The summed E-state index contributed by atoms with van der Waals surface area (Å²) in [6.45, 7) is 5.10. The molecule has 0 aromatic heterocycles. The van der Waals surface area contributed by atoms with E-state index in [2.05, 4.69) is 10.6 Å². The van der Waals surface area contributed by atoms with E-state index in [1.807, 2.05) is 25.9 Å². The molecule has 0 rings (SSSR count). The van der Waals surface area contributed by atoms with Crippen molar-refractivity contribution in [2.24, 2.45) is 5.92 Å². The number of aliphatic carboxylic acids is 1. The molecule has 0 spiro atoms. The van der Waals surface area contributed by atoms with Gasteiger partial charge in [0.25, 0.3) is 0 Å². The predicted octanol–water partition coefficient (Wildman–Crippen LogP) is 0.450. The third-order valence-electron chi connectivity index (χ3n) is 3.48. The first-order valence-electron chi connectivity index (χ1n) is 7.71. The fourth-order valence-electron chi connectivity index (χ4n) is 1.87. The second-order valence-electron chi connectivity index (χ2n) is 5.78. The zero-order valence-corrected chi connectivity index (χ0v) is 14.0. The minimum atomic E-state index is -1.05. The van der Waals surface area contributed by atoms with Gasteiger partial charge in [0.2, 0.25) is 11.8 Å². The van der Waals surface area contributed by atoms with E-state index in [0.29, 0.717) is 13.0 Å². The smallest absolute Gasteiger partial charge is 0.326 e. The monoisotopic (exact) mass is 315 g/mol. The number of carboxylic acids is 1. The summed E-state index contributed by atoms with van der Waals surface area (Å²) in [6, 6.07) is -0.902. The molecule has 0 aromatic rings. The summed E-state index contributed by atoms with van der Waals surface area (Å²) in [5, 5.41) is 14.3. The molecular weight excluding hydrogens is 286 g/mol. The molecule has 0 aliphatic heterocycles. The molecular formula is C15H29N3O4. The van der Waals surface area contributed by atoms with Crippen LogP contribution in [0.4, 0.5) is 0 Å². The first-order chi connectivity index (χ1) is 10.3. The van der Waals surface area contributed by atoms with E-state index in [4.69, 9.17) is 5.11 Å². The molecule has 0 heterocycles. The predicted molar refractivity (Wildman–Crippen MR) is 84.4 cm³/mol. The van der Waals surface area contributed by atoms with Crippen LogP contribution in [0.3, 0.4) is 0 Å².